The van der Waals surface area contributed by atoms with Gasteiger partial charge in [-0.1, -0.05) is 13.8 Å². The van der Waals surface area contributed by atoms with Gasteiger partial charge in [0.05, 0.1) is 23.7 Å². The molecule has 1 aromatic rings. The number of non-ortho nitro benzene ring substituents is 1. The molecule has 0 amide bonds. The molecule has 0 N–H and O–H groups in total. The number of hydrogen-bond donors (Lipinski definition) is 0. The molecule has 0 fully saturated rings. The monoisotopic (exact) mass is 213 g/mol. The number of nitro groups is 1. The topological polar surface area (TPSA) is 52.4 Å². The molecule has 0 aliphatic carbocycles. The summed E-state index contributed by atoms with van der Waals surface area (Å²) in [6, 6.07) is 3.21. The van der Waals surface area contributed by atoms with E-state index in [0.29, 0.717) is 6.61 Å². The van der Waals surface area contributed by atoms with Gasteiger partial charge in [-0.2, -0.15) is 0 Å². The highest BCUT2D eigenvalue weighted by atomic mass is 19.1. The molecule has 0 bridgehead atoms. The van der Waals surface area contributed by atoms with E-state index in [0.717, 1.165) is 12.1 Å². The molecule has 0 aliphatic rings. The van der Waals surface area contributed by atoms with Crippen LogP contribution in [0, 0.1) is 21.8 Å². The second-order valence-corrected chi connectivity index (χ2v) is 3.61. The summed E-state index contributed by atoms with van der Waals surface area (Å²) in [5.74, 6) is -0.189. The minimum absolute atomic E-state index is 0.190. The predicted octanol–water partition coefficient (Wildman–Crippen LogP) is 2.77. The number of ether oxygens (including phenoxy) is 1. The van der Waals surface area contributed by atoms with Crippen molar-refractivity contribution in [1.29, 1.82) is 0 Å². The third-order valence-electron chi connectivity index (χ3n) is 1.65. The van der Waals surface area contributed by atoms with Gasteiger partial charge in [-0.05, 0) is 5.92 Å². The van der Waals surface area contributed by atoms with Crippen LogP contribution in [-0.4, -0.2) is 11.5 Å². The maximum Gasteiger partial charge on any atom is 0.276 e. The molecule has 0 saturated heterocycles. The maximum absolute atomic E-state index is 12.9. The van der Waals surface area contributed by atoms with Crippen LogP contribution >= 0.6 is 0 Å². The third kappa shape index (κ3) is 3.53. The SMILES string of the molecule is CC(C)COc1cc(F)cc([N+](=O)[O-])c1. The zero-order valence-electron chi connectivity index (χ0n) is 8.57. The van der Waals surface area contributed by atoms with E-state index in [1.54, 1.807) is 0 Å². The molecule has 4 nitrogen and oxygen atoms in total. The number of halogens is 1. The Hall–Kier alpha value is -1.65. The predicted molar refractivity (Wildman–Crippen MR) is 53.4 cm³/mol. The summed E-state index contributed by atoms with van der Waals surface area (Å²) in [5, 5.41) is 10.4. The van der Waals surface area contributed by atoms with Gasteiger partial charge in [0.15, 0.2) is 0 Å². The van der Waals surface area contributed by atoms with Gasteiger partial charge in [-0.25, -0.2) is 4.39 Å². The highest BCUT2D eigenvalue weighted by Gasteiger charge is 2.10. The van der Waals surface area contributed by atoms with Crippen LogP contribution in [0.3, 0.4) is 0 Å². The van der Waals surface area contributed by atoms with Gasteiger partial charge >= 0.3 is 0 Å². The maximum atomic E-state index is 12.9. The van der Waals surface area contributed by atoms with Crippen molar-refractivity contribution in [2.75, 3.05) is 6.61 Å². The third-order valence-corrected chi connectivity index (χ3v) is 1.65. The molecule has 0 atom stereocenters. The lowest BCUT2D eigenvalue weighted by Crippen LogP contribution is -2.05. The van der Waals surface area contributed by atoms with E-state index < -0.39 is 10.7 Å². The number of benzene rings is 1. The fourth-order valence-electron chi connectivity index (χ4n) is 1.000. The Balaban J connectivity index is 2.84. The van der Waals surface area contributed by atoms with Gasteiger partial charge < -0.3 is 4.74 Å². The van der Waals surface area contributed by atoms with Crippen molar-refractivity contribution in [3.05, 3.63) is 34.1 Å². The van der Waals surface area contributed by atoms with E-state index in [1.165, 1.54) is 6.07 Å². The minimum Gasteiger partial charge on any atom is -0.493 e. The first kappa shape index (κ1) is 11.4. The van der Waals surface area contributed by atoms with Crippen LogP contribution in [0.15, 0.2) is 18.2 Å². The average molecular weight is 213 g/mol. The Morgan fingerprint density at radius 1 is 1.47 bits per heavy atom. The molecule has 0 unspecified atom stereocenters. The Bertz CT molecular complexity index is 366. The second kappa shape index (κ2) is 4.72. The average Bonchev–Trinajstić information content (AvgIpc) is 2.13. The largest absolute Gasteiger partial charge is 0.493 e. The highest BCUT2D eigenvalue weighted by Crippen LogP contribution is 2.22. The number of nitrogens with zero attached hydrogens (tertiary/aromatic N) is 1. The van der Waals surface area contributed by atoms with Gasteiger partial charge in [-0.3, -0.25) is 10.1 Å². The summed E-state index contributed by atoms with van der Waals surface area (Å²) in [5.41, 5.74) is -0.297. The van der Waals surface area contributed by atoms with Crippen molar-refractivity contribution in [2.24, 2.45) is 5.92 Å². The summed E-state index contributed by atoms with van der Waals surface area (Å²) in [6.07, 6.45) is 0. The number of hydrogen-bond acceptors (Lipinski definition) is 3. The van der Waals surface area contributed by atoms with Crippen LogP contribution in [0.1, 0.15) is 13.8 Å². The molecular weight excluding hydrogens is 201 g/mol. The van der Waals surface area contributed by atoms with Gasteiger partial charge in [-0.15, -0.1) is 0 Å². The fourth-order valence-corrected chi connectivity index (χ4v) is 1.000. The molecule has 0 aromatic heterocycles. The van der Waals surface area contributed by atoms with E-state index in [2.05, 4.69) is 0 Å². The first-order chi connectivity index (χ1) is 6.99. The highest BCUT2D eigenvalue weighted by molar-refractivity contribution is 5.38. The number of nitro benzene ring substituents is 1. The summed E-state index contributed by atoms with van der Waals surface area (Å²) in [7, 11) is 0. The minimum atomic E-state index is -0.664. The lowest BCUT2D eigenvalue weighted by atomic mass is 10.2. The number of rotatable bonds is 4. The van der Waals surface area contributed by atoms with E-state index in [-0.39, 0.29) is 17.4 Å². The van der Waals surface area contributed by atoms with E-state index in [9.17, 15) is 14.5 Å². The van der Waals surface area contributed by atoms with Crippen LogP contribution in [0.2, 0.25) is 0 Å². The quantitative estimate of drug-likeness (QED) is 0.570. The van der Waals surface area contributed by atoms with Crippen molar-refractivity contribution in [3.63, 3.8) is 0 Å². The molecule has 15 heavy (non-hydrogen) atoms. The van der Waals surface area contributed by atoms with Crippen molar-refractivity contribution in [3.8, 4) is 5.75 Å². The molecule has 0 heterocycles. The van der Waals surface area contributed by atoms with Crippen molar-refractivity contribution >= 4 is 5.69 Å². The Kier molecular flexibility index (Phi) is 3.60. The molecular formula is C10H12FNO3. The second-order valence-electron chi connectivity index (χ2n) is 3.61. The molecule has 5 heteroatoms. The Morgan fingerprint density at radius 3 is 2.67 bits per heavy atom. The lowest BCUT2D eigenvalue weighted by molar-refractivity contribution is -0.385. The van der Waals surface area contributed by atoms with Gasteiger partial charge in [0.1, 0.15) is 11.6 Å². The molecule has 1 rings (SSSR count). The normalized spacial score (nSPS) is 10.4. The van der Waals surface area contributed by atoms with E-state index in [1.807, 2.05) is 13.8 Å². The Morgan fingerprint density at radius 2 is 2.13 bits per heavy atom. The standard InChI is InChI=1S/C10H12FNO3/c1-7(2)6-15-10-4-8(11)3-9(5-10)12(13)14/h3-5,7H,6H2,1-2H3. The first-order valence-corrected chi connectivity index (χ1v) is 4.57. The van der Waals surface area contributed by atoms with Crippen LogP contribution in [-0.2, 0) is 0 Å². The molecule has 0 saturated carbocycles. The van der Waals surface area contributed by atoms with Crippen molar-refractivity contribution in [2.45, 2.75) is 13.8 Å². The van der Waals surface area contributed by atoms with E-state index >= 15 is 0 Å². The van der Waals surface area contributed by atoms with Crippen LogP contribution < -0.4 is 4.74 Å². The van der Waals surface area contributed by atoms with Crippen LogP contribution in [0.25, 0.3) is 0 Å². The van der Waals surface area contributed by atoms with Gasteiger partial charge in [0, 0.05) is 6.07 Å². The van der Waals surface area contributed by atoms with Crippen molar-refractivity contribution < 1.29 is 14.1 Å². The molecule has 1 aromatic carbocycles. The van der Waals surface area contributed by atoms with Gasteiger partial charge in [0.2, 0.25) is 0 Å². The summed E-state index contributed by atoms with van der Waals surface area (Å²) >= 11 is 0. The van der Waals surface area contributed by atoms with Crippen molar-refractivity contribution in [1.82, 2.24) is 0 Å². The molecule has 82 valence electrons. The summed E-state index contributed by atoms with van der Waals surface area (Å²) in [4.78, 5) is 9.78. The first-order valence-electron chi connectivity index (χ1n) is 4.57. The van der Waals surface area contributed by atoms with Gasteiger partial charge in [0.25, 0.3) is 5.69 Å². The Labute approximate surface area is 86.8 Å². The van der Waals surface area contributed by atoms with Crippen LogP contribution in [0.5, 0.6) is 5.75 Å². The lowest BCUT2D eigenvalue weighted by Gasteiger charge is -2.08. The zero-order chi connectivity index (χ0) is 11.4. The smallest absolute Gasteiger partial charge is 0.276 e. The molecule has 0 spiro atoms. The fraction of sp³-hybridized carbons (Fsp3) is 0.400. The molecule has 0 radical (unpaired) electrons. The zero-order valence-corrected chi connectivity index (χ0v) is 8.57. The molecule has 0 aliphatic heterocycles. The van der Waals surface area contributed by atoms with Crippen LogP contribution in [0.4, 0.5) is 10.1 Å². The van der Waals surface area contributed by atoms with E-state index in [4.69, 9.17) is 4.74 Å². The summed E-state index contributed by atoms with van der Waals surface area (Å²) in [6.45, 7) is 4.28. The summed E-state index contributed by atoms with van der Waals surface area (Å²) < 4.78 is 18.1.